The van der Waals surface area contributed by atoms with E-state index in [1.807, 2.05) is 52.8 Å². The van der Waals surface area contributed by atoms with Crippen molar-refractivity contribution in [3.8, 4) is 0 Å². The van der Waals surface area contributed by atoms with Crippen LogP contribution in [-0.4, -0.2) is 35.8 Å². The third-order valence-corrected chi connectivity index (χ3v) is 4.94. The normalized spacial score (nSPS) is 16.2. The highest BCUT2D eigenvalue weighted by Gasteiger charge is 2.33. The van der Waals surface area contributed by atoms with Crippen molar-refractivity contribution in [2.24, 2.45) is 11.3 Å². The van der Waals surface area contributed by atoms with Crippen LogP contribution in [0.15, 0.2) is 18.2 Å². The van der Waals surface area contributed by atoms with Gasteiger partial charge in [0.15, 0.2) is 0 Å². The van der Waals surface area contributed by atoms with Crippen molar-refractivity contribution in [2.75, 3.05) is 23.3 Å². The van der Waals surface area contributed by atoms with Crippen LogP contribution in [0.1, 0.15) is 40.2 Å². The van der Waals surface area contributed by atoms with Gasteiger partial charge in [0, 0.05) is 31.6 Å². The number of imide groups is 1. The second-order valence-corrected chi connectivity index (χ2v) is 7.63. The lowest BCUT2D eigenvalue weighted by molar-refractivity contribution is -0.125. The molecule has 0 bridgehead atoms. The Morgan fingerprint density at radius 2 is 1.84 bits per heavy atom. The molecule has 1 aromatic carbocycles. The minimum absolute atomic E-state index is 0.0501. The van der Waals surface area contributed by atoms with E-state index in [9.17, 15) is 14.4 Å². The van der Waals surface area contributed by atoms with E-state index < -0.39 is 0 Å². The molecule has 6 heteroatoms. The Kier molecular flexibility index (Phi) is 5.20. The van der Waals surface area contributed by atoms with E-state index in [2.05, 4.69) is 5.32 Å². The molecule has 1 aliphatic rings. The lowest BCUT2D eigenvalue weighted by Crippen LogP contribution is -2.35. The van der Waals surface area contributed by atoms with E-state index >= 15 is 0 Å². The largest absolute Gasteiger partial charge is 0.331 e. The number of carbonyl (C=O) groups is 3. The first kappa shape index (κ1) is 19.0. The summed E-state index contributed by atoms with van der Waals surface area (Å²) in [6.07, 6.45) is 0. The number of anilines is 2. The van der Waals surface area contributed by atoms with Gasteiger partial charge in [0.1, 0.15) is 0 Å². The highest BCUT2D eigenvalue weighted by molar-refractivity contribution is 6.05. The van der Waals surface area contributed by atoms with Gasteiger partial charge in [-0.25, -0.2) is 4.79 Å². The number of urea groups is 1. The maximum absolute atomic E-state index is 12.5. The quantitative estimate of drug-likeness (QED) is 0.913. The smallest absolute Gasteiger partial charge is 0.326 e. The number of benzene rings is 1. The molecule has 1 heterocycles. The number of nitrogens with zero attached hydrogens (tertiary/aromatic N) is 2. The molecule has 1 atom stereocenters. The molecule has 1 aromatic rings. The van der Waals surface area contributed by atoms with Crippen molar-refractivity contribution in [2.45, 2.75) is 41.5 Å². The van der Waals surface area contributed by atoms with E-state index in [-0.39, 0.29) is 29.2 Å². The molecule has 2 rings (SSSR count). The topological polar surface area (TPSA) is 69.7 Å². The van der Waals surface area contributed by atoms with Gasteiger partial charge in [-0.1, -0.05) is 33.8 Å². The Labute approximate surface area is 149 Å². The summed E-state index contributed by atoms with van der Waals surface area (Å²) >= 11 is 0. The third-order valence-electron chi connectivity index (χ3n) is 4.94. The number of carbonyl (C=O) groups excluding carboxylic acids is 3. The summed E-state index contributed by atoms with van der Waals surface area (Å²) < 4.78 is 0. The fourth-order valence-electron chi connectivity index (χ4n) is 2.74. The van der Waals surface area contributed by atoms with Crippen LogP contribution in [0.2, 0.25) is 0 Å². The van der Waals surface area contributed by atoms with Gasteiger partial charge in [-0.3, -0.25) is 19.4 Å². The van der Waals surface area contributed by atoms with Gasteiger partial charge in [0.2, 0.25) is 11.8 Å². The van der Waals surface area contributed by atoms with Crippen LogP contribution in [0, 0.1) is 18.3 Å². The zero-order valence-corrected chi connectivity index (χ0v) is 15.8. The highest BCUT2D eigenvalue weighted by Crippen LogP contribution is 2.31. The molecule has 0 unspecified atom stereocenters. The molecule has 136 valence electrons. The number of amides is 4. The Hall–Kier alpha value is -2.37. The Morgan fingerprint density at radius 1 is 1.20 bits per heavy atom. The number of hydrogen-bond donors (Lipinski definition) is 1. The summed E-state index contributed by atoms with van der Waals surface area (Å²) in [7, 11) is 0. The van der Waals surface area contributed by atoms with E-state index in [4.69, 9.17) is 0 Å². The van der Waals surface area contributed by atoms with E-state index in [1.165, 1.54) is 11.8 Å². The molecule has 0 saturated carbocycles. The monoisotopic (exact) mass is 345 g/mol. The summed E-state index contributed by atoms with van der Waals surface area (Å²) in [6.45, 7) is 12.1. The second-order valence-electron chi connectivity index (χ2n) is 7.63. The molecule has 1 fully saturated rings. The molecule has 0 spiro atoms. The lowest BCUT2D eigenvalue weighted by atomic mass is 9.81. The summed E-state index contributed by atoms with van der Waals surface area (Å²) in [5.41, 5.74) is 2.08. The van der Waals surface area contributed by atoms with E-state index in [1.54, 1.807) is 4.90 Å². The SMILES string of the molecule is CC(=O)N1CCN(c2cccc(NC(=O)[C@H](C)C(C)(C)C)c2C)C1=O. The Bertz CT molecular complexity index is 706. The molecule has 1 saturated heterocycles. The molecule has 0 aromatic heterocycles. The standard InChI is InChI=1S/C19H27N3O3/c1-12-15(20-17(24)13(2)19(4,5)6)8-7-9-16(12)22-11-10-21(14(3)23)18(22)25/h7-9,13H,10-11H2,1-6H3,(H,20,24)/t13-/m0/s1. The number of nitrogens with one attached hydrogen (secondary N) is 1. The van der Waals surface area contributed by atoms with Crippen molar-refractivity contribution in [3.05, 3.63) is 23.8 Å². The first-order valence-corrected chi connectivity index (χ1v) is 8.54. The maximum atomic E-state index is 12.5. The zero-order valence-electron chi connectivity index (χ0n) is 15.8. The summed E-state index contributed by atoms with van der Waals surface area (Å²) in [5.74, 6) is -0.461. The zero-order chi connectivity index (χ0) is 18.9. The molecular weight excluding hydrogens is 318 g/mol. The highest BCUT2D eigenvalue weighted by atomic mass is 16.2. The number of rotatable bonds is 3. The van der Waals surface area contributed by atoms with Crippen LogP contribution in [0.4, 0.5) is 16.2 Å². The predicted molar refractivity (Wildman–Crippen MR) is 98.6 cm³/mol. The van der Waals surface area contributed by atoms with Crippen LogP contribution in [-0.2, 0) is 9.59 Å². The molecule has 4 amide bonds. The van der Waals surface area contributed by atoms with Gasteiger partial charge in [-0.15, -0.1) is 0 Å². The van der Waals surface area contributed by atoms with E-state index in [0.29, 0.717) is 18.8 Å². The molecule has 6 nitrogen and oxygen atoms in total. The van der Waals surface area contributed by atoms with E-state index in [0.717, 1.165) is 11.3 Å². The summed E-state index contributed by atoms with van der Waals surface area (Å²) in [5, 5.41) is 2.97. The minimum Gasteiger partial charge on any atom is -0.326 e. The summed E-state index contributed by atoms with van der Waals surface area (Å²) in [4.78, 5) is 39.3. The van der Waals surface area contributed by atoms with Gasteiger partial charge in [-0.2, -0.15) is 0 Å². The van der Waals surface area contributed by atoms with Crippen molar-refractivity contribution in [1.82, 2.24) is 4.90 Å². The Balaban J connectivity index is 2.25. The first-order valence-electron chi connectivity index (χ1n) is 8.54. The molecule has 1 aliphatic heterocycles. The van der Waals surface area contributed by atoms with Gasteiger partial charge in [-0.05, 0) is 30.0 Å². The Morgan fingerprint density at radius 3 is 2.36 bits per heavy atom. The second kappa shape index (κ2) is 6.86. The molecule has 1 N–H and O–H groups in total. The predicted octanol–water partition coefficient (Wildman–Crippen LogP) is 3.40. The van der Waals surface area contributed by atoms with Crippen molar-refractivity contribution in [3.63, 3.8) is 0 Å². The summed E-state index contributed by atoms with van der Waals surface area (Å²) in [6, 6.07) is 5.15. The fourth-order valence-corrected chi connectivity index (χ4v) is 2.74. The van der Waals surface area contributed by atoms with Crippen molar-refractivity contribution in [1.29, 1.82) is 0 Å². The average molecular weight is 345 g/mol. The van der Waals surface area contributed by atoms with Crippen LogP contribution in [0.25, 0.3) is 0 Å². The van der Waals surface area contributed by atoms with Crippen LogP contribution in [0.3, 0.4) is 0 Å². The maximum Gasteiger partial charge on any atom is 0.331 e. The number of hydrogen-bond acceptors (Lipinski definition) is 3. The third kappa shape index (κ3) is 3.83. The fraction of sp³-hybridized carbons (Fsp3) is 0.526. The van der Waals surface area contributed by atoms with Gasteiger partial charge in [0.25, 0.3) is 0 Å². The minimum atomic E-state index is -0.317. The molecule has 0 aliphatic carbocycles. The van der Waals surface area contributed by atoms with Crippen LogP contribution < -0.4 is 10.2 Å². The first-order chi connectivity index (χ1) is 11.5. The van der Waals surface area contributed by atoms with Crippen molar-refractivity contribution >= 4 is 29.2 Å². The molecule has 0 radical (unpaired) electrons. The molecular formula is C19H27N3O3. The molecule has 25 heavy (non-hydrogen) atoms. The van der Waals surface area contributed by atoms with Crippen LogP contribution >= 0.6 is 0 Å². The van der Waals surface area contributed by atoms with Gasteiger partial charge in [0.05, 0.1) is 5.69 Å². The lowest BCUT2D eigenvalue weighted by Gasteiger charge is -2.27. The van der Waals surface area contributed by atoms with Crippen molar-refractivity contribution < 1.29 is 14.4 Å². The van der Waals surface area contributed by atoms with Crippen LogP contribution in [0.5, 0.6) is 0 Å². The van der Waals surface area contributed by atoms with Gasteiger partial charge < -0.3 is 5.32 Å². The van der Waals surface area contributed by atoms with Gasteiger partial charge >= 0.3 is 6.03 Å². The average Bonchev–Trinajstić information content (AvgIpc) is 2.89.